The third kappa shape index (κ3) is 3.55. The highest BCUT2D eigenvalue weighted by molar-refractivity contribution is 9.10. The number of nitrogens with one attached hydrogen (secondary N) is 1. The molecule has 0 atom stereocenters. The van der Waals surface area contributed by atoms with Crippen LogP contribution < -0.4 is 5.32 Å². The van der Waals surface area contributed by atoms with Crippen LogP contribution in [0.4, 0.5) is 5.69 Å². The second-order valence-corrected chi connectivity index (χ2v) is 5.32. The molecule has 3 nitrogen and oxygen atoms in total. The van der Waals surface area contributed by atoms with Gasteiger partial charge in [-0.25, -0.2) is 0 Å². The Hall–Kier alpha value is -1.39. The van der Waals surface area contributed by atoms with Gasteiger partial charge in [-0.05, 0) is 42.3 Å². The number of hydrogen-bond acceptors (Lipinski definition) is 2. The van der Waals surface area contributed by atoms with Crippen LogP contribution in [0.2, 0.25) is 5.02 Å². The molecule has 0 fully saturated rings. The van der Waals surface area contributed by atoms with Crippen molar-refractivity contribution in [2.45, 2.75) is 13.3 Å². The molecule has 5 heteroatoms. The van der Waals surface area contributed by atoms with Gasteiger partial charge in [-0.2, -0.15) is 0 Å². The second kappa shape index (κ2) is 6.17. The van der Waals surface area contributed by atoms with Gasteiger partial charge in [0.2, 0.25) is 0 Å². The molecule has 2 aromatic rings. The lowest BCUT2D eigenvalue weighted by atomic mass is 10.1. The lowest BCUT2D eigenvalue weighted by Gasteiger charge is -2.10. The fraction of sp³-hybridized carbons (Fsp3) is 0.143. The van der Waals surface area contributed by atoms with Crippen LogP contribution in [-0.4, -0.2) is 10.9 Å². The minimum absolute atomic E-state index is 0.264. The number of nitrogens with zero attached hydrogens (tertiary/aromatic N) is 1. The van der Waals surface area contributed by atoms with E-state index in [4.69, 9.17) is 11.6 Å². The van der Waals surface area contributed by atoms with Crippen molar-refractivity contribution in [1.82, 2.24) is 4.98 Å². The summed E-state index contributed by atoms with van der Waals surface area (Å²) >= 11 is 9.26. The maximum atomic E-state index is 12.1. The fourth-order valence-electron chi connectivity index (χ4n) is 1.69. The normalized spacial score (nSPS) is 10.3. The number of benzene rings is 1. The van der Waals surface area contributed by atoms with Gasteiger partial charge in [0.1, 0.15) is 5.69 Å². The van der Waals surface area contributed by atoms with Gasteiger partial charge < -0.3 is 5.32 Å². The minimum Gasteiger partial charge on any atom is -0.320 e. The zero-order valence-electron chi connectivity index (χ0n) is 10.3. The number of aryl methyl sites for hydroxylation is 1. The quantitative estimate of drug-likeness (QED) is 0.905. The summed E-state index contributed by atoms with van der Waals surface area (Å²) in [6.07, 6.45) is 2.34. The van der Waals surface area contributed by atoms with E-state index < -0.39 is 0 Å². The predicted molar refractivity (Wildman–Crippen MR) is 80.7 cm³/mol. The number of rotatable bonds is 3. The molecule has 0 aliphatic carbocycles. The smallest absolute Gasteiger partial charge is 0.274 e. The van der Waals surface area contributed by atoms with E-state index in [1.54, 1.807) is 12.1 Å². The minimum atomic E-state index is -0.264. The third-order valence-corrected chi connectivity index (χ3v) is 3.38. The lowest BCUT2D eigenvalue weighted by Crippen LogP contribution is -2.14. The van der Waals surface area contributed by atoms with Crippen LogP contribution in [0.15, 0.2) is 41.0 Å². The largest absolute Gasteiger partial charge is 0.320 e. The Bertz CT molecular complexity index is 616. The lowest BCUT2D eigenvalue weighted by molar-refractivity contribution is 0.102. The molecule has 0 unspecified atom stereocenters. The van der Waals surface area contributed by atoms with Crippen molar-refractivity contribution in [3.63, 3.8) is 0 Å². The molecule has 1 N–H and O–H groups in total. The summed E-state index contributed by atoms with van der Waals surface area (Å²) in [7, 11) is 0. The van der Waals surface area contributed by atoms with Crippen LogP contribution in [0.1, 0.15) is 23.0 Å². The molecule has 19 heavy (non-hydrogen) atoms. The molecule has 2 rings (SSSR count). The summed E-state index contributed by atoms with van der Waals surface area (Å²) in [5.41, 5.74) is 2.15. The number of halogens is 2. The maximum absolute atomic E-state index is 12.1. The summed E-state index contributed by atoms with van der Waals surface area (Å²) in [4.78, 5) is 16.1. The van der Waals surface area contributed by atoms with E-state index in [-0.39, 0.29) is 5.91 Å². The second-order valence-electron chi connectivity index (χ2n) is 3.97. The molecule has 1 aromatic heterocycles. The molecule has 0 bridgehead atoms. The molecule has 0 saturated heterocycles. The van der Waals surface area contributed by atoms with E-state index in [0.717, 1.165) is 22.1 Å². The van der Waals surface area contributed by atoms with Gasteiger partial charge >= 0.3 is 0 Å². The molecule has 0 saturated carbocycles. The van der Waals surface area contributed by atoms with Crippen LogP contribution in [0.25, 0.3) is 0 Å². The monoisotopic (exact) mass is 338 g/mol. The highest BCUT2D eigenvalue weighted by Gasteiger charge is 2.10. The molecule has 0 aliphatic rings. The predicted octanol–water partition coefficient (Wildman–Crippen LogP) is 4.31. The van der Waals surface area contributed by atoms with E-state index in [1.165, 1.54) is 6.20 Å². The van der Waals surface area contributed by atoms with Crippen molar-refractivity contribution in [2.75, 3.05) is 5.32 Å². The molecule has 0 aliphatic heterocycles. The Balaban J connectivity index is 2.24. The topological polar surface area (TPSA) is 42.0 Å². The van der Waals surface area contributed by atoms with E-state index >= 15 is 0 Å². The van der Waals surface area contributed by atoms with Crippen LogP contribution in [-0.2, 0) is 6.42 Å². The first-order valence-electron chi connectivity index (χ1n) is 5.81. The van der Waals surface area contributed by atoms with Crippen LogP contribution in [0.5, 0.6) is 0 Å². The van der Waals surface area contributed by atoms with Gasteiger partial charge in [-0.3, -0.25) is 9.78 Å². The maximum Gasteiger partial charge on any atom is 0.274 e. The number of amides is 1. The molecular weight excluding hydrogens is 328 g/mol. The average Bonchev–Trinajstić information content (AvgIpc) is 2.40. The number of pyridine rings is 1. The van der Waals surface area contributed by atoms with Crippen molar-refractivity contribution in [1.29, 1.82) is 0 Å². The van der Waals surface area contributed by atoms with E-state index in [0.29, 0.717) is 10.7 Å². The Morgan fingerprint density at radius 1 is 1.37 bits per heavy atom. The number of aromatic nitrogens is 1. The molecule has 1 amide bonds. The van der Waals surface area contributed by atoms with Crippen LogP contribution >= 0.6 is 27.5 Å². The van der Waals surface area contributed by atoms with Crippen molar-refractivity contribution in [3.8, 4) is 0 Å². The first-order chi connectivity index (χ1) is 9.10. The van der Waals surface area contributed by atoms with E-state index in [1.807, 2.05) is 25.1 Å². The van der Waals surface area contributed by atoms with Gasteiger partial charge in [-0.15, -0.1) is 0 Å². The zero-order chi connectivity index (χ0) is 13.8. The highest BCUT2D eigenvalue weighted by Crippen LogP contribution is 2.22. The van der Waals surface area contributed by atoms with Crippen LogP contribution in [0, 0.1) is 0 Å². The Morgan fingerprint density at radius 2 is 2.16 bits per heavy atom. The van der Waals surface area contributed by atoms with E-state index in [9.17, 15) is 4.79 Å². The zero-order valence-corrected chi connectivity index (χ0v) is 12.6. The first kappa shape index (κ1) is 14.0. The van der Waals surface area contributed by atoms with Crippen molar-refractivity contribution >= 4 is 39.1 Å². The molecule has 0 spiro atoms. The number of anilines is 1. The van der Waals surface area contributed by atoms with Crippen molar-refractivity contribution in [2.24, 2.45) is 0 Å². The summed E-state index contributed by atoms with van der Waals surface area (Å²) < 4.78 is 0.989. The first-order valence-corrected chi connectivity index (χ1v) is 6.98. The molecule has 0 radical (unpaired) electrons. The third-order valence-electron chi connectivity index (χ3n) is 2.65. The Labute approximate surface area is 125 Å². The molecular formula is C14H12BrClN2O. The SMILES string of the molecule is CCc1cc(Br)ccc1NC(=O)c1cc(Cl)ccn1. The average molecular weight is 340 g/mol. The Kier molecular flexibility index (Phi) is 4.56. The molecule has 1 aromatic carbocycles. The van der Waals surface area contributed by atoms with Crippen molar-refractivity contribution < 1.29 is 4.79 Å². The summed E-state index contributed by atoms with van der Waals surface area (Å²) in [6.45, 7) is 2.04. The van der Waals surface area contributed by atoms with Gasteiger partial charge in [0, 0.05) is 21.4 Å². The van der Waals surface area contributed by atoms with Gasteiger partial charge in [-0.1, -0.05) is 34.5 Å². The van der Waals surface area contributed by atoms with Gasteiger partial charge in [0.05, 0.1) is 0 Å². The fourth-order valence-corrected chi connectivity index (χ4v) is 2.26. The summed E-state index contributed by atoms with van der Waals surface area (Å²) in [5, 5.41) is 3.34. The molecule has 1 heterocycles. The van der Waals surface area contributed by atoms with E-state index in [2.05, 4.69) is 26.2 Å². The van der Waals surface area contributed by atoms with Gasteiger partial charge in [0.15, 0.2) is 0 Å². The van der Waals surface area contributed by atoms with Crippen molar-refractivity contribution in [3.05, 3.63) is 57.3 Å². The standard InChI is InChI=1S/C14H12BrClN2O/c1-2-9-7-10(15)3-4-12(9)18-14(19)13-8-11(16)5-6-17-13/h3-8H,2H2,1H3,(H,18,19). The Morgan fingerprint density at radius 3 is 2.84 bits per heavy atom. The summed E-state index contributed by atoms with van der Waals surface area (Å²) in [5.74, 6) is -0.264. The number of carbonyl (C=O) groups excluding carboxylic acids is 1. The molecule has 98 valence electrons. The number of carbonyl (C=O) groups is 1. The highest BCUT2D eigenvalue weighted by atomic mass is 79.9. The summed E-state index contributed by atoms with van der Waals surface area (Å²) in [6, 6.07) is 8.92. The number of hydrogen-bond donors (Lipinski definition) is 1. The van der Waals surface area contributed by atoms with Crippen LogP contribution in [0.3, 0.4) is 0 Å². The van der Waals surface area contributed by atoms with Gasteiger partial charge in [0.25, 0.3) is 5.91 Å².